The van der Waals surface area contributed by atoms with Crippen molar-refractivity contribution in [2.24, 2.45) is 0 Å². The maximum Gasteiger partial charge on any atom is 0.416 e. The summed E-state index contributed by atoms with van der Waals surface area (Å²) < 4.78 is 53.9. The predicted octanol–water partition coefficient (Wildman–Crippen LogP) is 3.42. The number of alkyl halides is 3. The third kappa shape index (κ3) is 5.13. The fourth-order valence-electron chi connectivity index (χ4n) is 2.74. The van der Waals surface area contributed by atoms with E-state index in [4.69, 9.17) is 13.9 Å². The number of hydrogen-bond acceptors (Lipinski definition) is 5. The Labute approximate surface area is 158 Å². The van der Waals surface area contributed by atoms with E-state index >= 15 is 0 Å². The minimum Gasteiger partial charge on any atom is -0.450 e. The summed E-state index contributed by atoms with van der Waals surface area (Å²) in [6.45, 7) is 0.518. The van der Waals surface area contributed by atoms with Gasteiger partial charge in [0, 0.05) is 18.7 Å². The molecule has 1 amide bonds. The Hall–Kier alpha value is -2.81. The largest absolute Gasteiger partial charge is 0.450 e. The van der Waals surface area contributed by atoms with Crippen LogP contribution in [0.3, 0.4) is 0 Å². The number of amides is 1. The number of carbonyl (C=O) groups excluding carboxylic acids is 2. The third-order valence-electron chi connectivity index (χ3n) is 4.17. The Morgan fingerprint density at radius 3 is 2.75 bits per heavy atom. The highest BCUT2D eigenvalue weighted by atomic mass is 19.4. The SMILES string of the molecule is O=C(COC(=O)c1ccc(-c2cccc(C(F)(F)F)c2)o1)NC[C@@H]1CCCO1. The van der Waals surface area contributed by atoms with Gasteiger partial charge in [-0.15, -0.1) is 0 Å². The van der Waals surface area contributed by atoms with Gasteiger partial charge in [-0.2, -0.15) is 13.2 Å². The van der Waals surface area contributed by atoms with Crippen molar-refractivity contribution in [3.8, 4) is 11.3 Å². The van der Waals surface area contributed by atoms with Gasteiger partial charge >= 0.3 is 12.1 Å². The highest BCUT2D eigenvalue weighted by molar-refractivity contribution is 5.89. The minimum absolute atomic E-state index is 0.0280. The van der Waals surface area contributed by atoms with Crippen molar-refractivity contribution in [3.63, 3.8) is 0 Å². The molecule has 2 aromatic rings. The molecule has 0 saturated carbocycles. The van der Waals surface area contributed by atoms with E-state index in [9.17, 15) is 22.8 Å². The first kappa shape index (κ1) is 19.9. The summed E-state index contributed by atoms with van der Waals surface area (Å²) in [5.41, 5.74) is -0.656. The number of benzene rings is 1. The molecule has 6 nitrogen and oxygen atoms in total. The zero-order chi connectivity index (χ0) is 20.1. The van der Waals surface area contributed by atoms with Crippen molar-refractivity contribution in [3.05, 3.63) is 47.7 Å². The number of carbonyl (C=O) groups is 2. The summed E-state index contributed by atoms with van der Waals surface area (Å²) in [4.78, 5) is 23.7. The molecule has 3 rings (SSSR count). The first-order chi connectivity index (χ1) is 13.3. The Balaban J connectivity index is 1.54. The molecule has 0 radical (unpaired) electrons. The Bertz CT molecular complexity index is 840. The van der Waals surface area contributed by atoms with Gasteiger partial charge in [-0.3, -0.25) is 4.79 Å². The highest BCUT2D eigenvalue weighted by Crippen LogP contribution is 2.32. The Morgan fingerprint density at radius 1 is 1.21 bits per heavy atom. The van der Waals surface area contributed by atoms with Crippen LogP contribution in [0.5, 0.6) is 0 Å². The van der Waals surface area contributed by atoms with Gasteiger partial charge in [-0.25, -0.2) is 4.79 Å². The van der Waals surface area contributed by atoms with Crippen molar-refractivity contribution < 1.29 is 36.7 Å². The molecule has 0 spiro atoms. The van der Waals surface area contributed by atoms with E-state index in [1.165, 1.54) is 24.3 Å². The van der Waals surface area contributed by atoms with Crippen LogP contribution in [-0.4, -0.2) is 37.7 Å². The van der Waals surface area contributed by atoms with E-state index in [0.29, 0.717) is 13.2 Å². The molecule has 0 bridgehead atoms. The van der Waals surface area contributed by atoms with Gasteiger partial charge < -0.3 is 19.2 Å². The van der Waals surface area contributed by atoms with Crippen LogP contribution in [0.4, 0.5) is 13.2 Å². The fourth-order valence-corrected chi connectivity index (χ4v) is 2.74. The lowest BCUT2D eigenvalue weighted by atomic mass is 10.1. The monoisotopic (exact) mass is 397 g/mol. The summed E-state index contributed by atoms with van der Waals surface area (Å²) in [5, 5.41) is 2.60. The molecule has 1 aromatic carbocycles. The predicted molar refractivity (Wildman–Crippen MR) is 91.4 cm³/mol. The number of nitrogens with one attached hydrogen (secondary N) is 1. The second-order valence-corrected chi connectivity index (χ2v) is 6.26. The van der Waals surface area contributed by atoms with Crippen LogP contribution in [0.25, 0.3) is 11.3 Å². The molecule has 0 unspecified atom stereocenters. The molecule has 1 saturated heterocycles. The maximum atomic E-state index is 12.8. The molecule has 150 valence electrons. The lowest BCUT2D eigenvalue weighted by Crippen LogP contribution is -2.34. The van der Waals surface area contributed by atoms with Crippen LogP contribution < -0.4 is 5.32 Å². The van der Waals surface area contributed by atoms with Gasteiger partial charge in [0.05, 0.1) is 11.7 Å². The van der Waals surface area contributed by atoms with E-state index in [1.807, 2.05) is 0 Å². The number of furan rings is 1. The smallest absolute Gasteiger partial charge is 0.416 e. The van der Waals surface area contributed by atoms with Crippen molar-refractivity contribution in [1.29, 1.82) is 0 Å². The van der Waals surface area contributed by atoms with Gasteiger partial charge in [0.2, 0.25) is 5.76 Å². The molecule has 2 heterocycles. The summed E-state index contributed by atoms with van der Waals surface area (Å²) in [6, 6.07) is 7.19. The number of esters is 1. The molecular formula is C19H18F3NO5. The van der Waals surface area contributed by atoms with Crippen molar-refractivity contribution >= 4 is 11.9 Å². The lowest BCUT2D eigenvalue weighted by molar-refractivity contribution is -0.137. The average molecular weight is 397 g/mol. The van der Waals surface area contributed by atoms with Crippen LogP contribution in [0.2, 0.25) is 0 Å². The van der Waals surface area contributed by atoms with Crippen LogP contribution in [-0.2, 0) is 20.4 Å². The van der Waals surface area contributed by atoms with Crippen molar-refractivity contribution in [2.75, 3.05) is 19.8 Å². The van der Waals surface area contributed by atoms with Crippen molar-refractivity contribution in [1.82, 2.24) is 5.32 Å². The van der Waals surface area contributed by atoms with Gasteiger partial charge in [0.25, 0.3) is 5.91 Å². The first-order valence-electron chi connectivity index (χ1n) is 8.66. The summed E-state index contributed by atoms with van der Waals surface area (Å²) in [7, 11) is 0. The second kappa shape index (κ2) is 8.47. The van der Waals surface area contributed by atoms with Crippen LogP contribution >= 0.6 is 0 Å². The van der Waals surface area contributed by atoms with E-state index in [0.717, 1.165) is 25.0 Å². The quantitative estimate of drug-likeness (QED) is 0.756. The van der Waals surface area contributed by atoms with Gasteiger partial charge in [-0.05, 0) is 37.1 Å². The molecule has 1 aliphatic rings. The topological polar surface area (TPSA) is 77.8 Å². The zero-order valence-corrected chi connectivity index (χ0v) is 14.8. The second-order valence-electron chi connectivity index (χ2n) is 6.26. The normalized spacial score (nSPS) is 16.8. The molecule has 28 heavy (non-hydrogen) atoms. The highest BCUT2D eigenvalue weighted by Gasteiger charge is 2.30. The molecule has 1 fully saturated rings. The average Bonchev–Trinajstić information content (AvgIpc) is 3.35. The van der Waals surface area contributed by atoms with Crippen molar-refractivity contribution in [2.45, 2.75) is 25.1 Å². The number of ether oxygens (including phenoxy) is 2. The summed E-state index contributed by atoms with van der Waals surface area (Å²) in [6.07, 6.45) is -2.70. The van der Waals surface area contributed by atoms with Gasteiger partial charge in [-0.1, -0.05) is 12.1 Å². The zero-order valence-electron chi connectivity index (χ0n) is 14.8. The molecule has 1 aromatic heterocycles. The minimum atomic E-state index is -4.48. The number of rotatable bonds is 6. The maximum absolute atomic E-state index is 12.8. The first-order valence-corrected chi connectivity index (χ1v) is 8.66. The molecule has 9 heteroatoms. The Kier molecular flexibility index (Phi) is 6.03. The fraction of sp³-hybridized carbons (Fsp3) is 0.368. The van der Waals surface area contributed by atoms with Gasteiger partial charge in [0.15, 0.2) is 6.61 Å². The summed E-state index contributed by atoms with van der Waals surface area (Å²) in [5.74, 6) is -1.49. The molecule has 0 aliphatic carbocycles. The van der Waals surface area contributed by atoms with Crippen LogP contribution in [0.1, 0.15) is 29.0 Å². The number of halogens is 3. The third-order valence-corrected chi connectivity index (χ3v) is 4.17. The Morgan fingerprint density at radius 2 is 2.04 bits per heavy atom. The molecule has 1 atom stereocenters. The molecular weight excluding hydrogens is 379 g/mol. The summed E-state index contributed by atoms with van der Waals surface area (Å²) >= 11 is 0. The van der Waals surface area contributed by atoms with E-state index in [-0.39, 0.29) is 23.2 Å². The molecule has 1 aliphatic heterocycles. The lowest BCUT2D eigenvalue weighted by Gasteiger charge is -2.10. The van der Waals surface area contributed by atoms with E-state index in [1.54, 1.807) is 0 Å². The van der Waals surface area contributed by atoms with Crippen LogP contribution in [0, 0.1) is 0 Å². The molecule has 1 N–H and O–H groups in total. The van der Waals surface area contributed by atoms with E-state index in [2.05, 4.69) is 5.32 Å². The van der Waals surface area contributed by atoms with Gasteiger partial charge in [0.1, 0.15) is 5.76 Å². The van der Waals surface area contributed by atoms with Crippen LogP contribution in [0.15, 0.2) is 40.8 Å². The van der Waals surface area contributed by atoms with E-state index < -0.39 is 30.2 Å². The standard InChI is InChI=1S/C19H18F3NO5/c20-19(21,22)13-4-1-3-12(9-13)15-6-7-16(28-15)18(25)27-11-17(24)23-10-14-5-2-8-26-14/h1,3-4,6-7,9,14H,2,5,8,10-11H2,(H,23,24)/t14-/m0/s1. The number of hydrogen-bond donors (Lipinski definition) is 1.